The van der Waals surface area contributed by atoms with Gasteiger partial charge in [0, 0.05) is 32.9 Å². The number of ether oxygens (including phenoxy) is 2. The topological polar surface area (TPSA) is 145 Å². The molecule has 0 radical (unpaired) electrons. The first-order valence-corrected chi connectivity index (χ1v) is 12.8. The number of benzene rings is 4. The van der Waals surface area contributed by atoms with Gasteiger partial charge in [-0.15, -0.1) is 0 Å². The van der Waals surface area contributed by atoms with Crippen molar-refractivity contribution in [3.8, 4) is 69.4 Å². The summed E-state index contributed by atoms with van der Waals surface area (Å²) in [5, 5.41) is 40.7. The summed E-state index contributed by atoms with van der Waals surface area (Å²) in [6.07, 6.45) is 0. The molecular formula is C34H20N6O2. The Morgan fingerprint density at radius 2 is 0.833 bits per heavy atom. The van der Waals surface area contributed by atoms with Crippen LogP contribution in [0.15, 0.2) is 72.8 Å². The molecule has 2 heterocycles. The molecule has 42 heavy (non-hydrogen) atoms. The van der Waals surface area contributed by atoms with Crippen LogP contribution in [0.25, 0.3) is 55.4 Å². The minimum absolute atomic E-state index is 0.252. The molecule has 0 aliphatic rings. The SMILES string of the molecule is COc1ccc(-c2[nH]c3cc(C#N)c(C#N)cc3c2-c2c(-c3ccc(OC)cc3)[nH]c3cc(C#N)c(C#N)cc23)cc1. The van der Waals surface area contributed by atoms with Crippen LogP contribution in [0.5, 0.6) is 11.5 Å². The Balaban J connectivity index is 1.79. The summed E-state index contributed by atoms with van der Waals surface area (Å²) in [4.78, 5) is 6.98. The molecule has 0 amide bonds. The quantitative estimate of drug-likeness (QED) is 0.236. The molecule has 0 aliphatic heterocycles. The van der Waals surface area contributed by atoms with Crippen LogP contribution in [-0.2, 0) is 0 Å². The van der Waals surface area contributed by atoms with Crippen molar-refractivity contribution >= 4 is 21.8 Å². The fourth-order valence-corrected chi connectivity index (χ4v) is 5.32. The number of aromatic amines is 2. The van der Waals surface area contributed by atoms with Crippen LogP contribution in [-0.4, -0.2) is 24.2 Å². The van der Waals surface area contributed by atoms with Crippen LogP contribution in [0.2, 0.25) is 0 Å². The summed E-state index contributed by atoms with van der Waals surface area (Å²) in [6.45, 7) is 0. The molecule has 0 spiro atoms. The van der Waals surface area contributed by atoms with Crippen molar-refractivity contribution in [3.63, 3.8) is 0 Å². The maximum absolute atomic E-state index is 9.88. The average molecular weight is 545 g/mol. The summed E-state index contributed by atoms with van der Waals surface area (Å²) in [5.74, 6) is 1.40. The van der Waals surface area contributed by atoms with Crippen LogP contribution in [0.3, 0.4) is 0 Å². The predicted octanol–water partition coefficient (Wildman–Crippen LogP) is 7.15. The normalized spacial score (nSPS) is 10.5. The zero-order chi connectivity index (χ0) is 29.4. The highest BCUT2D eigenvalue weighted by Crippen LogP contribution is 2.47. The lowest BCUT2D eigenvalue weighted by Gasteiger charge is -2.10. The van der Waals surface area contributed by atoms with Gasteiger partial charge in [-0.05, 0) is 83.9 Å². The first-order valence-electron chi connectivity index (χ1n) is 12.8. The fraction of sp³-hybridized carbons (Fsp3) is 0.0588. The number of methoxy groups -OCH3 is 2. The second-order valence-corrected chi connectivity index (χ2v) is 9.54. The first-order chi connectivity index (χ1) is 20.5. The molecule has 0 unspecified atom stereocenters. The number of nitrogens with zero attached hydrogens (tertiary/aromatic N) is 4. The van der Waals surface area contributed by atoms with Gasteiger partial charge in [0.25, 0.3) is 0 Å². The van der Waals surface area contributed by atoms with E-state index in [4.69, 9.17) is 9.47 Å². The molecule has 6 aromatic rings. The van der Waals surface area contributed by atoms with Crippen LogP contribution in [0, 0.1) is 45.3 Å². The number of aromatic nitrogens is 2. The van der Waals surface area contributed by atoms with Crippen LogP contribution in [0.4, 0.5) is 0 Å². The van der Waals surface area contributed by atoms with Gasteiger partial charge in [0.15, 0.2) is 0 Å². The van der Waals surface area contributed by atoms with E-state index < -0.39 is 0 Å². The van der Waals surface area contributed by atoms with Crippen molar-refractivity contribution in [3.05, 3.63) is 95.1 Å². The summed E-state index contributed by atoms with van der Waals surface area (Å²) < 4.78 is 10.7. The van der Waals surface area contributed by atoms with Gasteiger partial charge in [0.05, 0.1) is 47.9 Å². The largest absolute Gasteiger partial charge is 0.497 e. The second-order valence-electron chi connectivity index (χ2n) is 9.54. The zero-order valence-corrected chi connectivity index (χ0v) is 22.5. The Morgan fingerprint density at radius 3 is 1.14 bits per heavy atom. The third-order valence-electron chi connectivity index (χ3n) is 7.36. The molecule has 8 heteroatoms. The highest BCUT2D eigenvalue weighted by atomic mass is 16.5. The number of hydrogen-bond donors (Lipinski definition) is 2. The van der Waals surface area contributed by atoms with Crippen molar-refractivity contribution in [2.45, 2.75) is 0 Å². The van der Waals surface area contributed by atoms with Crippen molar-refractivity contribution in [1.82, 2.24) is 9.97 Å². The number of H-pyrrole nitrogens is 2. The lowest BCUT2D eigenvalue weighted by molar-refractivity contribution is 0.415. The van der Waals surface area contributed by atoms with Gasteiger partial charge in [-0.25, -0.2) is 0 Å². The van der Waals surface area contributed by atoms with E-state index in [1.165, 1.54) is 0 Å². The van der Waals surface area contributed by atoms with E-state index in [0.29, 0.717) is 22.5 Å². The molecule has 6 rings (SSSR count). The molecule has 0 bridgehead atoms. The standard InChI is InChI=1S/C34H20N6O2/c1-41-25-7-3-19(4-8-25)33-31(27-11-21(15-35)23(17-37)13-29(27)39-33)32-28-12-22(16-36)24(18-38)14-30(28)40-34(32)20-5-9-26(42-2)10-6-20/h3-14,39-40H,1-2H3. The second kappa shape index (κ2) is 10.2. The third kappa shape index (κ3) is 4.05. The van der Waals surface area contributed by atoms with E-state index in [9.17, 15) is 21.0 Å². The van der Waals surface area contributed by atoms with Crippen molar-refractivity contribution in [2.24, 2.45) is 0 Å². The van der Waals surface area contributed by atoms with Crippen molar-refractivity contribution in [2.75, 3.05) is 14.2 Å². The van der Waals surface area contributed by atoms with Gasteiger partial charge < -0.3 is 19.4 Å². The van der Waals surface area contributed by atoms with Crippen LogP contribution in [0.1, 0.15) is 22.3 Å². The van der Waals surface area contributed by atoms with Crippen LogP contribution < -0.4 is 9.47 Å². The predicted molar refractivity (Wildman–Crippen MR) is 158 cm³/mol. The third-order valence-corrected chi connectivity index (χ3v) is 7.36. The molecule has 0 aliphatic carbocycles. The number of hydrogen-bond acceptors (Lipinski definition) is 6. The molecule has 2 N–H and O–H groups in total. The summed E-state index contributed by atoms with van der Waals surface area (Å²) in [6, 6.07) is 30.5. The van der Waals surface area contributed by atoms with E-state index in [2.05, 4.69) is 34.2 Å². The minimum Gasteiger partial charge on any atom is -0.497 e. The number of nitrogens with one attached hydrogen (secondary N) is 2. The Bertz CT molecular complexity index is 2030. The Labute approximate surface area is 240 Å². The number of nitriles is 4. The highest BCUT2D eigenvalue weighted by molar-refractivity contribution is 6.15. The van der Waals surface area contributed by atoms with Crippen molar-refractivity contribution in [1.29, 1.82) is 21.0 Å². The molecule has 8 nitrogen and oxygen atoms in total. The van der Waals surface area contributed by atoms with E-state index >= 15 is 0 Å². The van der Waals surface area contributed by atoms with Crippen molar-refractivity contribution < 1.29 is 9.47 Å². The lowest BCUT2D eigenvalue weighted by Crippen LogP contribution is -1.89. The number of fused-ring (bicyclic) bond motifs is 2. The fourth-order valence-electron chi connectivity index (χ4n) is 5.32. The van der Waals surface area contributed by atoms with Gasteiger partial charge in [-0.1, -0.05) is 0 Å². The minimum atomic E-state index is 0.252. The van der Waals surface area contributed by atoms with Gasteiger partial charge >= 0.3 is 0 Å². The highest BCUT2D eigenvalue weighted by Gasteiger charge is 2.25. The zero-order valence-electron chi connectivity index (χ0n) is 22.5. The molecule has 0 fully saturated rings. The Morgan fingerprint density at radius 1 is 0.500 bits per heavy atom. The molecule has 2 aromatic heterocycles. The molecule has 0 atom stereocenters. The Kier molecular flexibility index (Phi) is 6.29. The van der Waals surface area contributed by atoms with Gasteiger partial charge in [-0.3, -0.25) is 0 Å². The van der Waals surface area contributed by atoms with E-state index in [1.54, 1.807) is 38.5 Å². The average Bonchev–Trinajstić information content (AvgIpc) is 3.60. The maximum Gasteiger partial charge on any atom is 0.118 e. The lowest BCUT2D eigenvalue weighted by atomic mass is 9.92. The van der Waals surface area contributed by atoms with Crippen LogP contribution >= 0.6 is 0 Å². The van der Waals surface area contributed by atoms with Gasteiger partial charge in [-0.2, -0.15) is 21.0 Å². The molecular weight excluding hydrogens is 524 g/mol. The molecule has 4 aromatic carbocycles. The molecule has 0 saturated heterocycles. The summed E-state index contributed by atoms with van der Waals surface area (Å²) in [7, 11) is 3.21. The summed E-state index contributed by atoms with van der Waals surface area (Å²) in [5.41, 5.74) is 7.15. The molecule has 0 saturated carbocycles. The first kappa shape index (κ1) is 25.8. The number of rotatable bonds is 5. The Hall–Kier alpha value is -6.48. The van der Waals surface area contributed by atoms with E-state index in [-0.39, 0.29) is 22.3 Å². The smallest absolute Gasteiger partial charge is 0.118 e. The van der Waals surface area contributed by atoms with E-state index in [1.807, 2.05) is 48.5 Å². The van der Waals surface area contributed by atoms with Gasteiger partial charge in [0.2, 0.25) is 0 Å². The van der Waals surface area contributed by atoms with E-state index in [0.717, 1.165) is 44.4 Å². The molecule has 198 valence electrons. The van der Waals surface area contributed by atoms with Gasteiger partial charge in [0.1, 0.15) is 35.8 Å². The maximum atomic E-state index is 9.88. The monoisotopic (exact) mass is 544 g/mol. The summed E-state index contributed by atoms with van der Waals surface area (Å²) >= 11 is 0.